The highest BCUT2D eigenvalue weighted by Gasteiger charge is 2.16. The second kappa shape index (κ2) is 9.08. The molecule has 23 heavy (non-hydrogen) atoms. The van der Waals surface area contributed by atoms with Gasteiger partial charge in [-0.1, -0.05) is 36.4 Å². The number of nitrogens with zero attached hydrogens (tertiary/aromatic N) is 1. The van der Waals surface area contributed by atoms with Crippen LogP contribution in [0.15, 0.2) is 47.5 Å². The van der Waals surface area contributed by atoms with Gasteiger partial charge in [0.1, 0.15) is 0 Å². The normalized spacial score (nSPS) is 11.9. The first-order chi connectivity index (χ1) is 10.5. The molecule has 0 unspecified atom stereocenters. The molecule has 0 amide bonds. The van der Waals surface area contributed by atoms with Gasteiger partial charge in [0.2, 0.25) is 0 Å². The topological polar surface area (TPSA) is 45.7 Å². The number of aliphatic imine (C=N–C) groups is 1. The number of ether oxygens (including phenoxy) is 1. The minimum Gasteiger partial charge on any atom is -0.377 e. The highest BCUT2D eigenvalue weighted by atomic mass is 127. The van der Waals surface area contributed by atoms with Crippen LogP contribution in [0.5, 0.6) is 0 Å². The van der Waals surface area contributed by atoms with Gasteiger partial charge in [0.05, 0.1) is 5.60 Å². The van der Waals surface area contributed by atoms with Gasteiger partial charge in [-0.2, -0.15) is 0 Å². The van der Waals surface area contributed by atoms with Gasteiger partial charge in [0.25, 0.3) is 0 Å². The van der Waals surface area contributed by atoms with E-state index >= 15 is 0 Å². The lowest BCUT2D eigenvalue weighted by Crippen LogP contribution is -2.45. The van der Waals surface area contributed by atoms with Crippen molar-refractivity contribution in [2.45, 2.75) is 26.0 Å². The summed E-state index contributed by atoms with van der Waals surface area (Å²) in [6.07, 6.45) is 0. The molecule has 2 aromatic rings. The van der Waals surface area contributed by atoms with E-state index in [0.717, 1.165) is 12.5 Å². The quantitative estimate of drug-likeness (QED) is 0.436. The maximum Gasteiger partial charge on any atom is 0.191 e. The fraction of sp³-hybridized carbons (Fsp3) is 0.389. The summed E-state index contributed by atoms with van der Waals surface area (Å²) in [5.41, 5.74) is 1.01. The van der Waals surface area contributed by atoms with Crippen LogP contribution in [0, 0.1) is 0 Å². The molecule has 5 heteroatoms. The molecule has 0 aliphatic heterocycles. The minimum absolute atomic E-state index is 0. The highest BCUT2D eigenvalue weighted by molar-refractivity contribution is 14.0. The van der Waals surface area contributed by atoms with Crippen molar-refractivity contribution in [2.75, 3.05) is 20.7 Å². The number of guanidine groups is 1. The van der Waals surface area contributed by atoms with Crippen LogP contribution < -0.4 is 10.6 Å². The van der Waals surface area contributed by atoms with Crippen LogP contribution in [-0.4, -0.2) is 32.3 Å². The monoisotopic (exact) mass is 427 g/mol. The Bertz CT molecular complexity index is 656. The Labute approximate surface area is 155 Å². The molecule has 0 bridgehead atoms. The van der Waals surface area contributed by atoms with E-state index < -0.39 is 0 Å². The van der Waals surface area contributed by atoms with Crippen molar-refractivity contribution in [1.29, 1.82) is 0 Å². The second-order valence-corrected chi connectivity index (χ2v) is 5.92. The van der Waals surface area contributed by atoms with E-state index in [1.807, 2.05) is 13.8 Å². The van der Waals surface area contributed by atoms with E-state index in [4.69, 9.17) is 4.74 Å². The Hall–Kier alpha value is -1.34. The first-order valence-electron chi connectivity index (χ1n) is 7.51. The molecule has 0 fully saturated rings. The number of hydrogen-bond acceptors (Lipinski definition) is 2. The van der Waals surface area contributed by atoms with Crippen molar-refractivity contribution in [3.05, 3.63) is 48.0 Å². The molecule has 0 saturated heterocycles. The van der Waals surface area contributed by atoms with E-state index in [2.05, 4.69) is 58.1 Å². The summed E-state index contributed by atoms with van der Waals surface area (Å²) in [5, 5.41) is 9.13. The minimum atomic E-state index is -0.222. The smallest absolute Gasteiger partial charge is 0.191 e. The Morgan fingerprint density at radius 3 is 2.43 bits per heavy atom. The average Bonchev–Trinajstić information content (AvgIpc) is 2.55. The number of benzene rings is 2. The van der Waals surface area contributed by atoms with Crippen molar-refractivity contribution in [3.63, 3.8) is 0 Å². The summed E-state index contributed by atoms with van der Waals surface area (Å²) in [6.45, 7) is 5.51. The van der Waals surface area contributed by atoms with Gasteiger partial charge >= 0.3 is 0 Å². The van der Waals surface area contributed by atoms with Crippen LogP contribution in [0.4, 0.5) is 0 Å². The van der Waals surface area contributed by atoms with Crippen molar-refractivity contribution in [3.8, 4) is 0 Å². The van der Waals surface area contributed by atoms with Gasteiger partial charge in [-0.25, -0.2) is 0 Å². The zero-order valence-corrected chi connectivity index (χ0v) is 16.5. The zero-order valence-electron chi connectivity index (χ0n) is 14.2. The Kier molecular flexibility index (Phi) is 7.78. The number of rotatable bonds is 5. The van der Waals surface area contributed by atoms with E-state index in [0.29, 0.717) is 6.54 Å². The van der Waals surface area contributed by atoms with Crippen molar-refractivity contribution in [2.24, 2.45) is 4.99 Å². The van der Waals surface area contributed by atoms with Gasteiger partial charge in [-0.05, 0) is 36.2 Å². The summed E-state index contributed by atoms with van der Waals surface area (Å²) in [5.74, 6) is 0.776. The number of methoxy groups -OCH3 is 1. The van der Waals surface area contributed by atoms with E-state index in [1.54, 1.807) is 14.2 Å². The third kappa shape index (κ3) is 5.99. The standard InChI is InChI=1S/C18H25N3O.HI/c1-18(2,22-4)13-21-17(19-3)20-12-14-9-10-15-7-5-6-8-16(15)11-14;/h5-11H,12-13H2,1-4H3,(H2,19,20,21);1H. The summed E-state index contributed by atoms with van der Waals surface area (Å²) in [7, 11) is 3.49. The molecule has 4 nitrogen and oxygen atoms in total. The molecule has 2 N–H and O–H groups in total. The van der Waals surface area contributed by atoms with Crippen LogP contribution in [0.25, 0.3) is 10.8 Å². The fourth-order valence-electron chi connectivity index (χ4n) is 2.12. The first kappa shape index (κ1) is 19.7. The SMILES string of the molecule is CN=C(NCc1ccc2ccccc2c1)NCC(C)(C)OC.I. The predicted molar refractivity (Wildman–Crippen MR) is 109 cm³/mol. The Balaban J connectivity index is 0.00000264. The van der Waals surface area contributed by atoms with Crippen LogP contribution in [0.2, 0.25) is 0 Å². The zero-order chi connectivity index (χ0) is 16.0. The van der Waals surface area contributed by atoms with E-state index in [-0.39, 0.29) is 29.6 Å². The third-order valence-corrected chi connectivity index (χ3v) is 3.73. The molecule has 0 saturated carbocycles. The molecular weight excluding hydrogens is 401 g/mol. The van der Waals surface area contributed by atoms with Crippen LogP contribution in [0.1, 0.15) is 19.4 Å². The largest absolute Gasteiger partial charge is 0.377 e. The van der Waals surface area contributed by atoms with Gasteiger partial charge in [-0.15, -0.1) is 24.0 Å². The molecule has 0 heterocycles. The molecule has 0 aliphatic carbocycles. The van der Waals surface area contributed by atoms with Crippen LogP contribution in [-0.2, 0) is 11.3 Å². The number of nitrogens with one attached hydrogen (secondary N) is 2. The third-order valence-electron chi connectivity index (χ3n) is 3.73. The van der Waals surface area contributed by atoms with Crippen LogP contribution >= 0.6 is 24.0 Å². The van der Waals surface area contributed by atoms with Crippen molar-refractivity contribution < 1.29 is 4.74 Å². The summed E-state index contributed by atoms with van der Waals surface area (Å²) in [4.78, 5) is 4.24. The van der Waals surface area contributed by atoms with E-state index in [1.165, 1.54) is 16.3 Å². The molecule has 126 valence electrons. The maximum absolute atomic E-state index is 5.40. The molecule has 0 atom stereocenters. The lowest BCUT2D eigenvalue weighted by atomic mass is 10.1. The Morgan fingerprint density at radius 2 is 1.78 bits per heavy atom. The van der Waals surface area contributed by atoms with E-state index in [9.17, 15) is 0 Å². The number of halogens is 1. The maximum atomic E-state index is 5.40. The fourth-order valence-corrected chi connectivity index (χ4v) is 2.12. The summed E-state index contributed by atoms with van der Waals surface area (Å²) < 4.78 is 5.40. The molecule has 2 rings (SSSR count). The molecule has 0 radical (unpaired) electrons. The summed E-state index contributed by atoms with van der Waals surface area (Å²) in [6, 6.07) is 14.9. The molecule has 0 spiro atoms. The second-order valence-electron chi connectivity index (χ2n) is 5.92. The number of fused-ring (bicyclic) bond motifs is 1. The van der Waals surface area contributed by atoms with Crippen LogP contribution in [0.3, 0.4) is 0 Å². The predicted octanol–water partition coefficient (Wildman–Crippen LogP) is 3.55. The van der Waals surface area contributed by atoms with Crippen molar-refractivity contribution in [1.82, 2.24) is 10.6 Å². The summed E-state index contributed by atoms with van der Waals surface area (Å²) >= 11 is 0. The molecular formula is C18H26IN3O. The van der Waals surface area contributed by atoms with Gasteiger partial charge < -0.3 is 15.4 Å². The number of hydrogen-bond donors (Lipinski definition) is 2. The average molecular weight is 427 g/mol. The lowest BCUT2D eigenvalue weighted by molar-refractivity contribution is 0.0268. The van der Waals surface area contributed by atoms with Gasteiger partial charge in [0, 0.05) is 27.2 Å². The first-order valence-corrected chi connectivity index (χ1v) is 7.51. The Morgan fingerprint density at radius 1 is 1.09 bits per heavy atom. The molecule has 0 aliphatic rings. The van der Waals surface area contributed by atoms with Gasteiger partial charge in [0.15, 0.2) is 5.96 Å². The van der Waals surface area contributed by atoms with Crippen molar-refractivity contribution >= 4 is 40.7 Å². The molecule has 0 aromatic heterocycles. The highest BCUT2D eigenvalue weighted by Crippen LogP contribution is 2.15. The van der Waals surface area contributed by atoms with Gasteiger partial charge in [-0.3, -0.25) is 4.99 Å². The lowest BCUT2D eigenvalue weighted by Gasteiger charge is -2.24. The molecule has 2 aromatic carbocycles.